The quantitative estimate of drug-likeness (QED) is 0.891. The highest BCUT2D eigenvalue weighted by Gasteiger charge is 2.32. The van der Waals surface area contributed by atoms with Crippen molar-refractivity contribution >= 4 is 28.5 Å². The smallest absolute Gasteiger partial charge is 0.253 e. The first-order valence-corrected chi connectivity index (χ1v) is 8.01. The molecule has 0 unspecified atom stereocenters. The molecule has 0 bridgehead atoms. The van der Waals surface area contributed by atoms with E-state index in [1.165, 1.54) is 6.20 Å². The Morgan fingerprint density at radius 3 is 2.83 bits per heavy atom. The minimum absolute atomic E-state index is 0.110. The van der Waals surface area contributed by atoms with Crippen LogP contribution >= 0.6 is 0 Å². The van der Waals surface area contributed by atoms with Crippen molar-refractivity contribution in [3.05, 3.63) is 42.1 Å². The molecule has 1 saturated carbocycles. The minimum Gasteiger partial charge on any atom is -0.368 e. The second-order valence-electron chi connectivity index (χ2n) is 6.17. The number of nitrogens with one attached hydrogen (secondary N) is 1. The molecular weight excluding hydrogens is 306 g/mol. The maximum Gasteiger partial charge on any atom is 0.253 e. The van der Waals surface area contributed by atoms with E-state index >= 15 is 0 Å². The first-order chi connectivity index (χ1) is 11.5. The number of para-hydroxylation sites is 1. The molecular formula is C18H19N3O3. The van der Waals surface area contributed by atoms with Crippen molar-refractivity contribution in [2.24, 2.45) is 11.7 Å². The summed E-state index contributed by atoms with van der Waals surface area (Å²) in [5, 5.41) is 3.52. The van der Waals surface area contributed by atoms with Gasteiger partial charge in [0.1, 0.15) is 11.8 Å². The van der Waals surface area contributed by atoms with E-state index in [1.807, 2.05) is 24.3 Å². The van der Waals surface area contributed by atoms with E-state index in [-0.39, 0.29) is 18.1 Å². The van der Waals surface area contributed by atoms with Gasteiger partial charge in [-0.25, -0.2) is 0 Å². The fraction of sp³-hybridized carbons (Fsp3) is 0.333. The minimum atomic E-state index is -0.840. The second-order valence-corrected chi connectivity index (χ2v) is 6.17. The van der Waals surface area contributed by atoms with Gasteiger partial charge in [-0.2, -0.15) is 0 Å². The summed E-state index contributed by atoms with van der Waals surface area (Å²) in [6.07, 6.45) is 3.71. The molecule has 1 aliphatic rings. The number of Topliss-reactive ketones (excluding diaryl/α,β-unsaturated/α-hetero) is 1. The van der Waals surface area contributed by atoms with Crippen molar-refractivity contribution in [2.45, 2.75) is 31.7 Å². The van der Waals surface area contributed by atoms with Gasteiger partial charge in [-0.15, -0.1) is 0 Å². The van der Waals surface area contributed by atoms with Gasteiger partial charge in [0.05, 0.1) is 11.1 Å². The zero-order valence-corrected chi connectivity index (χ0v) is 13.2. The lowest BCUT2D eigenvalue weighted by Gasteiger charge is -2.28. The zero-order valence-electron chi connectivity index (χ0n) is 13.2. The molecule has 1 aliphatic carbocycles. The Labute approximate surface area is 139 Å². The molecule has 1 aromatic heterocycles. The molecule has 0 saturated heterocycles. The maximum atomic E-state index is 12.5. The number of fused-ring (bicyclic) bond motifs is 1. The molecule has 0 aliphatic heterocycles. The molecule has 2 aromatic rings. The molecule has 0 radical (unpaired) electrons. The Hall–Kier alpha value is -2.76. The molecule has 0 spiro atoms. The topological polar surface area (TPSA) is 102 Å². The van der Waals surface area contributed by atoms with Gasteiger partial charge in [0.2, 0.25) is 5.91 Å². The van der Waals surface area contributed by atoms with E-state index in [4.69, 9.17) is 5.73 Å². The van der Waals surface area contributed by atoms with Gasteiger partial charge in [0.15, 0.2) is 0 Å². The molecule has 6 nitrogen and oxygen atoms in total. The van der Waals surface area contributed by atoms with E-state index in [1.54, 1.807) is 6.07 Å². The average molecular weight is 325 g/mol. The van der Waals surface area contributed by atoms with Crippen LogP contribution in [0.25, 0.3) is 10.9 Å². The Bertz CT molecular complexity index is 803. The molecule has 2 atom stereocenters. The lowest BCUT2D eigenvalue weighted by atomic mass is 9.82. The summed E-state index contributed by atoms with van der Waals surface area (Å²) < 4.78 is 0. The number of carbonyl (C=O) groups is 3. The van der Waals surface area contributed by atoms with Gasteiger partial charge in [-0.3, -0.25) is 19.4 Å². The number of aromatic nitrogens is 1. The van der Waals surface area contributed by atoms with Crippen molar-refractivity contribution in [1.82, 2.24) is 10.3 Å². The van der Waals surface area contributed by atoms with Crippen molar-refractivity contribution in [3.63, 3.8) is 0 Å². The van der Waals surface area contributed by atoms with Crippen LogP contribution in [0.2, 0.25) is 0 Å². The summed E-state index contributed by atoms with van der Waals surface area (Å²) in [5.74, 6) is -1.15. The second kappa shape index (κ2) is 6.78. The number of primary amides is 1. The highest BCUT2D eigenvalue weighted by Crippen LogP contribution is 2.24. The summed E-state index contributed by atoms with van der Waals surface area (Å²) >= 11 is 0. The Morgan fingerprint density at radius 2 is 2.08 bits per heavy atom. The Morgan fingerprint density at radius 1 is 1.29 bits per heavy atom. The number of nitrogens with zero attached hydrogens (tertiary/aromatic N) is 1. The van der Waals surface area contributed by atoms with Gasteiger partial charge in [0.25, 0.3) is 5.91 Å². The fourth-order valence-electron chi connectivity index (χ4n) is 3.18. The van der Waals surface area contributed by atoms with Crippen LogP contribution in [0.3, 0.4) is 0 Å². The van der Waals surface area contributed by atoms with Gasteiger partial charge >= 0.3 is 0 Å². The van der Waals surface area contributed by atoms with Crippen LogP contribution in [-0.2, 0) is 9.59 Å². The van der Waals surface area contributed by atoms with E-state index < -0.39 is 17.9 Å². The summed E-state index contributed by atoms with van der Waals surface area (Å²) in [6, 6.07) is 8.35. The largest absolute Gasteiger partial charge is 0.368 e. The summed E-state index contributed by atoms with van der Waals surface area (Å²) in [5.41, 5.74) is 6.60. The van der Waals surface area contributed by atoms with Gasteiger partial charge in [-0.1, -0.05) is 18.2 Å². The lowest BCUT2D eigenvalue weighted by molar-refractivity contribution is -0.124. The molecule has 2 amide bonds. The average Bonchev–Trinajstić information content (AvgIpc) is 2.58. The van der Waals surface area contributed by atoms with Gasteiger partial charge in [-0.05, 0) is 30.9 Å². The predicted molar refractivity (Wildman–Crippen MR) is 89.2 cm³/mol. The van der Waals surface area contributed by atoms with Crippen molar-refractivity contribution in [3.8, 4) is 0 Å². The monoisotopic (exact) mass is 325 g/mol. The van der Waals surface area contributed by atoms with Crippen LogP contribution in [0.4, 0.5) is 0 Å². The first-order valence-electron chi connectivity index (χ1n) is 8.01. The Balaban J connectivity index is 1.79. The predicted octanol–water partition coefficient (Wildman–Crippen LogP) is 1.58. The summed E-state index contributed by atoms with van der Waals surface area (Å²) in [7, 11) is 0. The van der Waals surface area contributed by atoms with E-state index in [9.17, 15) is 14.4 Å². The van der Waals surface area contributed by atoms with Crippen LogP contribution in [0, 0.1) is 5.92 Å². The number of hydrogen-bond donors (Lipinski definition) is 2. The van der Waals surface area contributed by atoms with E-state index in [0.717, 1.165) is 17.3 Å². The molecule has 124 valence electrons. The number of pyridine rings is 1. The Kier molecular flexibility index (Phi) is 4.55. The van der Waals surface area contributed by atoms with Gasteiger partial charge < -0.3 is 11.1 Å². The highest BCUT2D eigenvalue weighted by molar-refractivity contribution is 5.99. The molecule has 1 fully saturated rings. The highest BCUT2D eigenvalue weighted by atomic mass is 16.2. The molecule has 3 N–H and O–H groups in total. The number of nitrogens with two attached hydrogens (primary N) is 1. The van der Waals surface area contributed by atoms with Crippen molar-refractivity contribution in [1.29, 1.82) is 0 Å². The van der Waals surface area contributed by atoms with Crippen molar-refractivity contribution < 1.29 is 14.4 Å². The van der Waals surface area contributed by atoms with Gasteiger partial charge in [0, 0.05) is 24.4 Å². The standard InChI is InChI=1S/C18H19N3O3/c19-17(23)16(12-5-3-6-14(22)9-12)21-18(24)13-8-11-4-1-2-7-15(11)20-10-13/h1-2,4,7-8,10,12,16H,3,5-6,9H2,(H2,19,23)(H,21,24)/t12-,16+/m0/s1. The molecule has 3 rings (SSSR count). The summed E-state index contributed by atoms with van der Waals surface area (Å²) in [6.45, 7) is 0. The molecule has 1 heterocycles. The molecule has 6 heteroatoms. The third-order valence-electron chi connectivity index (χ3n) is 4.44. The molecule has 1 aromatic carbocycles. The van der Waals surface area contributed by atoms with Crippen LogP contribution < -0.4 is 11.1 Å². The van der Waals surface area contributed by atoms with E-state index in [0.29, 0.717) is 18.4 Å². The fourth-order valence-corrected chi connectivity index (χ4v) is 3.18. The van der Waals surface area contributed by atoms with Crippen molar-refractivity contribution in [2.75, 3.05) is 0 Å². The number of ketones is 1. The number of carbonyl (C=O) groups excluding carboxylic acids is 3. The van der Waals surface area contributed by atoms with Crippen LogP contribution in [0.15, 0.2) is 36.5 Å². The SMILES string of the molecule is NC(=O)[C@H](NC(=O)c1cnc2ccccc2c1)[C@H]1CCCC(=O)C1. The summed E-state index contributed by atoms with van der Waals surface area (Å²) in [4.78, 5) is 40.1. The van der Waals surface area contributed by atoms with Crippen LogP contribution in [0.5, 0.6) is 0 Å². The normalized spacial score (nSPS) is 19.0. The lowest BCUT2D eigenvalue weighted by Crippen LogP contribution is -2.50. The number of rotatable bonds is 4. The van der Waals surface area contributed by atoms with Crippen LogP contribution in [0.1, 0.15) is 36.0 Å². The van der Waals surface area contributed by atoms with Crippen LogP contribution in [-0.4, -0.2) is 28.6 Å². The number of amides is 2. The zero-order chi connectivity index (χ0) is 17.1. The number of hydrogen-bond acceptors (Lipinski definition) is 4. The number of benzene rings is 1. The maximum absolute atomic E-state index is 12.5. The third-order valence-corrected chi connectivity index (χ3v) is 4.44. The van der Waals surface area contributed by atoms with E-state index in [2.05, 4.69) is 10.3 Å². The third kappa shape index (κ3) is 3.42. The molecule has 24 heavy (non-hydrogen) atoms. The first kappa shape index (κ1) is 16.1.